The molecule has 0 spiro atoms. The smallest absolute Gasteiger partial charge is 0.325 e. The second kappa shape index (κ2) is 8.28. The van der Waals surface area contributed by atoms with Crippen LogP contribution < -0.4 is 9.54 Å². The van der Waals surface area contributed by atoms with Crippen LogP contribution in [0.25, 0.3) is 21.0 Å². The lowest BCUT2D eigenvalue weighted by Gasteiger charge is -2.05. The Balaban J connectivity index is 1.75. The highest BCUT2D eigenvalue weighted by atomic mass is 32.1. The molecule has 3 aromatic carbocycles. The van der Waals surface area contributed by atoms with Crippen molar-refractivity contribution in [2.45, 2.75) is 6.54 Å². The lowest BCUT2D eigenvalue weighted by Crippen LogP contribution is -2.23. The van der Waals surface area contributed by atoms with Crippen LogP contribution in [0.5, 0.6) is 5.75 Å². The van der Waals surface area contributed by atoms with Gasteiger partial charge in [-0.3, -0.25) is 9.59 Å². The topological polar surface area (TPSA) is 69.9 Å². The number of nitrogens with zero attached hydrogens (tertiary/aromatic N) is 2. The van der Waals surface area contributed by atoms with Gasteiger partial charge in [0, 0.05) is 5.39 Å². The third-order valence-electron chi connectivity index (χ3n) is 4.41. The summed E-state index contributed by atoms with van der Waals surface area (Å²) in [6.45, 7) is -0.211. The summed E-state index contributed by atoms with van der Waals surface area (Å²) in [4.78, 5) is 29.0. The molecule has 6 nitrogen and oxygen atoms in total. The normalized spacial score (nSPS) is 11.7. The second-order valence-electron chi connectivity index (χ2n) is 6.29. The summed E-state index contributed by atoms with van der Waals surface area (Å²) in [5.74, 6) is -0.239. The van der Waals surface area contributed by atoms with Gasteiger partial charge < -0.3 is 14.0 Å². The molecule has 1 aromatic heterocycles. The van der Waals surface area contributed by atoms with E-state index in [0.29, 0.717) is 10.6 Å². The molecule has 0 unspecified atom stereocenters. The highest BCUT2D eigenvalue weighted by Gasteiger charge is 2.14. The molecule has 0 atom stereocenters. The molecule has 146 valence electrons. The first kappa shape index (κ1) is 18.9. The van der Waals surface area contributed by atoms with Crippen LogP contribution in [0.3, 0.4) is 0 Å². The zero-order valence-electron chi connectivity index (χ0n) is 15.7. The van der Waals surface area contributed by atoms with Crippen molar-refractivity contribution in [3.63, 3.8) is 0 Å². The fourth-order valence-corrected chi connectivity index (χ4v) is 4.21. The van der Waals surface area contributed by atoms with Crippen LogP contribution in [0.15, 0.2) is 71.7 Å². The van der Waals surface area contributed by atoms with E-state index in [1.807, 2.05) is 54.6 Å². The molecular weight excluding hydrogens is 388 g/mol. The maximum absolute atomic E-state index is 12.4. The van der Waals surface area contributed by atoms with Gasteiger partial charge in [0.05, 0.1) is 17.3 Å². The van der Waals surface area contributed by atoms with Crippen LogP contribution in [0.2, 0.25) is 0 Å². The molecule has 4 aromatic rings. The number of hydrogen-bond donors (Lipinski definition) is 0. The Labute approximate surface area is 170 Å². The van der Waals surface area contributed by atoms with Crippen LogP contribution in [0.4, 0.5) is 0 Å². The number of hydrogen-bond acceptors (Lipinski definition) is 5. The molecule has 0 radical (unpaired) electrons. The maximum atomic E-state index is 12.4. The molecular formula is C22H18N2O4S. The molecule has 7 heteroatoms. The summed E-state index contributed by atoms with van der Waals surface area (Å²) >= 11 is 1.37. The summed E-state index contributed by atoms with van der Waals surface area (Å²) < 4.78 is 13.0. The van der Waals surface area contributed by atoms with E-state index in [-0.39, 0.29) is 13.2 Å². The molecule has 0 saturated heterocycles. The van der Waals surface area contributed by atoms with Gasteiger partial charge in [0.2, 0.25) is 0 Å². The average Bonchev–Trinajstić information content (AvgIpc) is 3.10. The minimum absolute atomic E-state index is 0.0273. The Bertz CT molecular complexity index is 1260. The largest absolute Gasteiger partial charge is 0.484 e. The van der Waals surface area contributed by atoms with Gasteiger partial charge in [-0.15, -0.1) is 0 Å². The fraction of sp³-hybridized carbons (Fsp3) is 0.136. The van der Waals surface area contributed by atoms with Crippen molar-refractivity contribution in [3.05, 3.63) is 71.5 Å². The molecule has 0 N–H and O–H groups in total. The molecule has 0 aliphatic heterocycles. The Hall–Kier alpha value is -3.45. The fourth-order valence-electron chi connectivity index (χ4n) is 3.03. The second-order valence-corrected chi connectivity index (χ2v) is 7.27. The minimum Gasteiger partial charge on any atom is -0.484 e. The van der Waals surface area contributed by atoms with Gasteiger partial charge >= 0.3 is 5.97 Å². The monoisotopic (exact) mass is 406 g/mol. The molecule has 0 aliphatic rings. The van der Waals surface area contributed by atoms with Gasteiger partial charge in [-0.05, 0) is 23.6 Å². The third-order valence-corrected chi connectivity index (χ3v) is 5.54. The lowest BCUT2D eigenvalue weighted by molar-refractivity contribution is -0.141. The Morgan fingerprint density at radius 2 is 1.76 bits per heavy atom. The van der Waals surface area contributed by atoms with E-state index in [1.165, 1.54) is 18.4 Å². The summed E-state index contributed by atoms with van der Waals surface area (Å²) in [7, 11) is 1.34. The highest BCUT2D eigenvalue weighted by molar-refractivity contribution is 7.17. The van der Waals surface area contributed by atoms with Crippen molar-refractivity contribution in [1.29, 1.82) is 0 Å². The first-order chi connectivity index (χ1) is 14.2. The number of thiazole rings is 1. The quantitative estimate of drug-likeness (QED) is 0.476. The molecule has 1 amide bonds. The van der Waals surface area contributed by atoms with Crippen molar-refractivity contribution in [2.75, 3.05) is 13.7 Å². The van der Waals surface area contributed by atoms with Gasteiger partial charge in [0.25, 0.3) is 5.91 Å². The molecule has 1 heterocycles. The molecule has 0 bridgehead atoms. The molecule has 0 saturated carbocycles. The van der Waals surface area contributed by atoms with Crippen LogP contribution in [-0.4, -0.2) is 30.2 Å². The average molecular weight is 406 g/mol. The van der Waals surface area contributed by atoms with Crippen molar-refractivity contribution in [2.24, 2.45) is 4.99 Å². The van der Waals surface area contributed by atoms with Crippen LogP contribution in [0.1, 0.15) is 0 Å². The van der Waals surface area contributed by atoms with E-state index in [2.05, 4.69) is 4.99 Å². The number of aromatic nitrogens is 1. The number of ether oxygens (including phenoxy) is 2. The summed E-state index contributed by atoms with van der Waals surface area (Å²) in [6, 6.07) is 21.0. The summed E-state index contributed by atoms with van der Waals surface area (Å²) in [5.41, 5.74) is 0.828. The summed E-state index contributed by atoms with van der Waals surface area (Å²) in [5, 5.41) is 2.12. The first-order valence-electron chi connectivity index (χ1n) is 8.99. The number of carbonyl (C=O) groups excluding carboxylic acids is 2. The van der Waals surface area contributed by atoms with Crippen molar-refractivity contribution >= 4 is 44.2 Å². The van der Waals surface area contributed by atoms with Crippen LogP contribution >= 0.6 is 11.3 Å². The number of para-hydroxylation sites is 1. The van der Waals surface area contributed by atoms with Gasteiger partial charge in [-0.1, -0.05) is 59.9 Å². The number of fused-ring (bicyclic) bond motifs is 3. The maximum Gasteiger partial charge on any atom is 0.325 e. The molecule has 4 rings (SSSR count). The van der Waals surface area contributed by atoms with E-state index < -0.39 is 11.9 Å². The number of esters is 1. The van der Waals surface area contributed by atoms with Gasteiger partial charge in [-0.2, -0.15) is 4.99 Å². The lowest BCUT2D eigenvalue weighted by atomic mass is 10.1. The SMILES string of the molecule is COC(=O)Cn1c(=NC(=O)COc2ccccc2)sc2c3ccccc3ccc21. The van der Waals surface area contributed by atoms with Crippen molar-refractivity contribution < 1.29 is 19.1 Å². The molecule has 0 fully saturated rings. The van der Waals surface area contributed by atoms with Crippen molar-refractivity contribution in [1.82, 2.24) is 4.57 Å². The highest BCUT2D eigenvalue weighted by Crippen LogP contribution is 2.27. The first-order valence-corrected chi connectivity index (χ1v) is 9.80. The van der Waals surface area contributed by atoms with Crippen molar-refractivity contribution in [3.8, 4) is 5.75 Å². The van der Waals surface area contributed by atoms with Gasteiger partial charge in [0.15, 0.2) is 11.4 Å². The van der Waals surface area contributed by atoms with Crippen LogP contribution in [-0.2, 0) is 20.9 Å². The Morgan fingerprint density at radius 1 is 1.00 bits per heavy atom. The van der Waals surface area contributed by atoms with E-state index in [9.17, 15) is 9.59 Å². The van der Waals surface area contributed by atoms with E-state index in [1.54, 1.807) is 16.7 Å². The van der Waals surface area contributed by atoms with E-state index in [4.69, 9.17) is 9.47 Å². The number of methoxy groups -OCH3 is 1. The van der Waals surface area contributed by atoms with Crippen LogP contribution in [0, 0.1) is 0 Å². The summed E-state index contributed by atoms with van der Waals surface area (Å²) in [6.07, 6.45) is 0. The number of benzene rings is 3. The van der Waals surface area contributed by atoms with Gasteiger partial charge in [0.1, 0.15) is 12.3 Å². The standard InChI is InChI=1S/C22H18N2O4S/c1-27-20(26)13-24-18-12-11-15-7-5-6-10-17(15)21(18)29-22(24)23-19(25)14-28-16-8-3-2-4-9-16/h2-12H,13-14H2,1H3. The molecule has 0 aliphatic carbocycles. The predicted molar refractivity (Wildman–Crippen MR) is 112 cm³/mol. The predicted octanol–water partition coefficient (Wildman–Crippen LogP) is 3.54. The van der Waals surface area contributed by atoms with Gasteiger partial charge in [-0.25, -0.2) is 0 Å². The molecule has 29 heavy (non-hydrogen) atoms. The minimum atomic E-state index is -0.427. The third kappa shape index (κ3) is 4.05. The number of rotatable bonds is 5. The zero-order chi connectivity index (χ0) is 20.2. The zero-order valence-corrected chi connectivity index (χ0v) is 16.5. The van der Waals surface area contributed by atoms with E-state index in [0.717, 1.165) is 21.0 Å². The Morgan fingerprint density at radius 3 is 2.55 bits per heavy atom. The Kier molecular flexibility index (Phi) is 5.39. The number of amides is 1. The number of carbonyl (C=O) groups is 2. The van der Waals surface area contributed by atoms with E-state index >= 15 is 0 Å².